The van der Waals surface area contributed by atoms with Gasteiger partial charge in [0.15, 0.2) is 0 Å². The number of rotatable bonds is 3. The SMILES string of the molecule is COc1ccc(Nc2cc(N)nc(C(C)(C)C)n2)cc1Br. The van der Waals surface area contributed by atoms with Gasteiger partial charge in [-0.1, -0.05) is 20.8 Å². The van der Waals surface area contributed by atoms with Gasteiger partial charge < -0.3 is 15.8 Å². The van der Waals surface area contributed by atoms with E-state index in [1.165, 1.54) is 0 Å². The van der Waals surface area contributed by atoms with Crippen molar-refractivity contribution < 1.29 is 4.74 Å². The number of methoxy groups -OCH3 is 1. The second-order valence-corrected chi connectivity index (χ2v) is 6.58. The van der Waals surface area contributed by atoms with Crippen LogP contribution in [-0.2, 0) is 5.41 Å². The lowest BCUT2D eigenvalue weighted by atomic mass is 9.96. The van der Waals surface area contributed by atoms with Crippen LogP contribution >= 0.6 is 15.9 Å². The van der Waals surface area contributed by atoms with Crippen LogP contribution in [0.5, 0.6) is 5.75 Å². The summed E-state index contributed by atoms with van der Waals surface area (Å²) in [4.78, 5) is 8.81. The molecule has 0 saturated heterocycles. The number of nitrogens with zero attached hydrogens (tertiary/aromatic N) is 2. The van der Waals surface area contributed by atoms with Crippen LogP contribution in [0, 0.1) is 0 Å². The molecule has 3 N–H and O–H groups in total. The summed E-state index contributed by atoms with van der Waals surface area (Å²) in [7, 11) is 1.63. The Morgan fingerprint density at radius 3 is 2.48 bits per heavy atom. The summed E-state index contributed by atoms with van der Waals surface area (Å²) in [6.07, 6.45) is 0. The van der Waals surface area contributed by atoms with Gasteiger partial charge in [-0.25, -0.2) is 9.97 Å². The van der Waals surface area contributed by atoms with Crippen LogP contribution in [0.2, 0.25) is 0 Å². The molecule has 21 heavy (non-hydrogen) atoms. The monoisotopic (exact) mass is 350 g/mol. The Labute approximate surface area is 133 Å². The lowest BCUT2D eigenvalue weighted by molar-refractivity contribution is 0.412. The van der Waals surface area contributed by atoms with Gasteiger partial charge in [0.2, 0.25) is 0 Å². The summed E-state index contributed by atoms with van der Waals surface area (Å²) >= 11 is 3.46. The zero-order valence-electron chi connectivity index (χ0n) is 12.6. The molecule has 0 aliphatic carbocycles. The molecular weight excluding hydrogens is 332 g/mol. The van der Waals surface area contributed by atoms with E-state index in [4.69, 9.17) is 10.5 Å². The number of nitrogen functional groups attached to an aromatic ring is 1. The quantitative estimate of drug-likeness (QED) is 0.878. The van der Waals surface area contributed by atoms with Crippen LogP contribution in [0.15, 0.2) is 28.7 Å². The maximum absolute atomic E-state index is 5.86. The number of benzene rings is 1. The molecule has 0 amide bonds. The van der Waals surface area contributed by atoms with Crippen molar-refractivity contribution in [2.45, 2.75) is 26.2 Å². The molecule has 0 bridgehead atoms. The Balaban J connectivity index is 2.31. The second-order valence-electron chi connectivity index (χ2n) is 5.73. The minimum Gasteiger partial charge on any atom is -0.496 e. The maximum Gasteiger partial charge on any atom is 0.138 e. The zero-order valence-corrected chi connectivity index (χ0v) is 14.2. The van der Waals surface area contributed by atoms with Gasteiger partial charge in [-0.2, -0.15) is 0 Å². The molecule has 5 nitrogen and oxygen atoms in total. The predicted molar refractivity (Wildman–Crippen MR) is 89.1 cm³/mol. The minimum atomic E-state index is -0.160. The third-order valence-electron chi connectivity index (χ3n) is 2.84. The fourth-order valence-electron chi connectivity index (χ4n) is 1.76. The lowest BCUT2D eigenvalue weighted by Gasteiger charge is -2.18. The van der Waals surface area contributed by atoms with E-state index in [-0.39, 0.29) is 5.41 Å². The Kier molecular flexibility index (Phi) is 4.37. The molecule has 1 aromatic carbocycles. The van der Waals surface area contributed by atoms with E-state index < -0.39 is 0 Å². The molecule has 2 rings (SSSR count). The normalized spacial score (nSPS) is 11.3. The highest BCUT2D eigenvalue weighted by Crippen LogP contribution is 2.29. The van der Waals surface area contributed by atoms with E-state index in [1.807, 2.05) is 18.2 Å². The molecule has 0 atom stereocenters. The van der Waals surface area contributed by atoms with Crippen LogP contribution < -0.4 is 15.8 Å². The van der Waals surface area contributed by atoms with E-state index in [9.17, 15) is 0 Å². The highest BCUT2D eigenvalue weighted by Gasteiger charge is 2.18. The molecular formula is C15H19BrN4O. The molecule has 6 heteroatoms. The first kappa shape index (κ1) is 15.6. The first-order valence-electron chi connectivity index (χ1n) is 6.55. The average Bonchev–Trinajstić information content (AvgIpc) is 2.37. The number of ether oxygens (including phenoxy) is 1. The van der Waals surface area contributed by atoms with Crippen molar-refractivity contribution in [2.24, 2.45) is 0 Å². The number of hydrogen-bond acceptors (Lipinski definition) is 5. The molecule has 1 aromatic heterocycles. The van der Waals surface area contributed by atoms with E-state index in [2.05, 4.69) is 52.0 Å². The summed E-state index contributed by atoms with van der Waals surface area (Å²) < 4.78 is 6.08. The zero-order chi connectivity index (χ0) is 15.6. The van der Waals surface area contributed by atoms with E-state index >= 15 is 0 Å². The number of hydrogen-bond donors (Lipinski definition) is 2. The van der Waals surface area contributed by atoms with Crippen LogP contribution in [0.25, 0.3) is 0 Å². The topological polar surface area (TPSA) is 73.1 Å². The van der Waals surface area contributed by atoms with E-state index in [1.54, 1.807) is 13.2 Å². The van der Waals surface area contributed by atoms with Crippen molar-refractivity contribution >= 4 is 33.3 Å². The van der Waals surface area contributed by atoms with Gasteiger partial charge in [0, 0.05) is 17.2 Å². The van der Waals surface area contributed by atoms with Crippen molar-refractivity contribution in [1.82, 2.24) is 9.97 Å². The van der Waals surface area contributed by atoms with Gasteiger partial charge in [0.25, 0.3) is 0 Å². The molecule has 2 aromatic rings. The summed E-state index contributed by atoms with van der Waals surface area (Å²) in [5, 5.41) is 3.23. The lowest BCUT2D eigenvalue weighted by Crippen LogP contribution is -2.17. The number of nitrogens with one attached hydrogen (secondary N) is 1. The van der Waals surface area contributed by atoms with Crippen molar-refractivity contribution in [1.29, 1.82) is 0 Å². The van der Waals surface area contributed by atoms with Crippen molar-refractivity contribution in [3.8, 4) is 5.75 Å². The average molecular weight is 351 g/mol. The van der Waals surface area contributed by atoms with Crippen LogP contribution in [0.1, 0.15) is 26.6 Å². The second kappa shape index (κ2) is 5.89. The number of anilines is 3. The third kappa shape index (κ3) is 3.85. The maximum atomic E-state index is 5.86. The van der Waals surface area contributed by atoms with Crippen LogP contribution in [-0.4, -0.2) is 17.1 Å². The molecule has 0 radical (unpaired) electrons. The van der Waals surface area contributed by atoms with Crippen LogP contribution in [0.3, 0.4) is 0 Å². The molecule has 0 aliphatic heterocycles. The van der Waals surface area contributed by atoms with Crippen molar-refractivity contribution in [3.05, 3.63) is 34.6 Å². The Morgan fingerprint density at radius 1 is 1.19 bits per heavy atom. The highest BCUT2D eigenvalue weighted by atomic mass is 79.9. The van der Waals surface area contributed by atoms with Gasteiger partial charge in [-0.15, -0.1) is 0 Å². The van der Waals surface area contributed by atoms with E-state index in [0.717, 1.165) is 15.9 Å². The standard InChI is InChI=1S/C15H19BrN4O/c1-15(2,3)14-19-12(17)8-13(20-14)18-9-5-6-11(21-4)10(16)7-9/h5-8H,1-4H3,(H3,17,18,19,20). The first-order valence-corrected chi connectivity index (χ1v) is 7.34. The molecule has 1 heterocycles. The summed E-state index contributed by atoms with van der Waals surface area (Å²) in [5.41, 5.74) is 6.59. The van der Waals surface area contributed by atoms with Crippen molar-refractivity contribution in [2.75, 3.05) is 18.2 Å². The Morgan fingerprint density at radius 2 is 1.90 bits per heavy atom. The van der Waals surface area contributed by atoms with Gasteiger partial charge in [0.1, 0.15) is 23.2 Å². The Hall–Kier alpha value is -1.82. The van der Waals surface area contributed by atoms with Crippen LogP contribution in [0.4, 0.5) is 17.3 Å². The summed E-state index contributed by atoms with van der Waals surface area (Å²) in [6.45, 7) is 6.15. The fraction of sp³-hybridized carbons (Fsp3) is 0.333. The van der Waals surface area contributed by atoms with Gasteiger partial charge in [-0.05, 0) is 34.1 Å². The Bertz CT molecular complexity index is 653. The summed E-state index contributed by atoms with van der Waals surface area (Å²) in [6, 6.07) is 7.43. The number of halogens is 1. The smallest absolute Gasteiger partial charge is 0.138 e. The first-order chi connectivity index (χ1) is 9.79. The van der Waals surface area contributed by atoms with Gasteiger partial charge in [0.05, 0.1) is 11.6 Å². The fourth-order valence-corrected chi connectivity index (χ4v) is 2.30. The number of nitrogens with two attached hydrogens (primary N) is 1. The molecule has 0 saturated carbocycles. The highest BCUT2D eigenvalue weighted by molar-refractivity contribution is 9.10. The third-order valence-corrected chi connectivity index (χ3v) is 3.46. The molecule has 112 valence electrons. The number of aromatic nitrogens is 2. The van der Waals surface area contributed by atoms with Gasteiger partial charge >= 0.3 is 0 Å². The molecule has 0 spiro atoms. The largest absolute Gasteiger partial charge is 0.496 e. The predicted octanol–water partition coefficient (Wildman–Crippen LogP) is 3.87. The van der Waals surface area contributed by atoms with E-state index in [0.29, 0.717) is 17.5 Å². The van der Waals surface area contributed by atoms with Crippen molar-refractivity contribution in [3.63, 3.8) is 0 Å². The van der Waals surface area contributed by atoms with Gasteiger partial charge in [-0.3, -0.25) is 0 Å². The summed E-state index contributed by atoms with van der Waals surface area (Å²) in [5.74, 6) is 2.60. The molecule has 0 aliphatic rings. The molecule has 0 unspecified atom stereocenters. The minimum absolute atomic E-state index is 0.160. The molecule has 0 fully saturated rings.